The number of hydrogen-bond acceptors (Lipinski definition) is 2. The molecule has 0 aromatic heterocycles. The Balaban J connectivity index is 2.31. The quantitative estimate of drug-likeness (QED) is 0.611. The molecule has 1 aromatic rings. The Morgan fingerprint density at radius 2 is 2.00 bits per heavy atom. The van der Waals surface area contributed by atoms with Crippen LogP contribution in [0, 0.1) is 0 Å². The highest BCUT2D eigenvalue weighted by atomic mass is 19.4. The molecule has 0 spiro atoms. The van der Waals surface area contributed by atoms with Gasteiger partial charge in [0.1, 0.15) is 6.17 Å². The monoisotopic (exact) mass is 248 g/mol. The number of nitrogens with zero attached hydrogens (tertiary/aromatic N) is 1. The third kappa shape index (κ3) is 2.45. The summed E-state index contributed by atoms with van der Waals surface area (Å²) in [5, 5.41) is 0. The maximum absolute atomic E-state index is 13.0. The summed E-state index contributed by atoms with van der Waals surface area (Å²) in [7, 11) is 0. The molecule has 0 aliphatic carbocycles. The molecule has 2 rings (SSSR count). The highest BCUT2D eigenvalue weighted by Crippen LogP contribution is 2.36. The van der Waals surface area contributed by atoms with Crippen molar-refractivity contribution in [2.75, 3.05) is 23.7 Å². The van der Waals surface area contributed by atoms with Gasteiger partial charge in [-0.3, -0.25) is 0 Å². The van der Waals surface area contributed by atoms with Crippen LogP contribution in [0.3, 0.4) is 0 Å². The van der Waals surface area contributed by atoms with E-state index in [9.17, 15) is 17.6 Å². The van der Waals surface area contributed by atoms with Crippen molar-refractivity contribution < 1.29 is 17.6 Å². The molecule has 2 nitrogen and oxygen atoms in total. The third-order valence-electron chi connectivity index (χ3n) is 2.84. The number of nitrogen functional groups attached to an aromatic ring is 1. The molecular weight excluding hydrogens is 236 g/mol. The Bertz CT molecular complexity index is 416. The van der Waals surface area contributed by atoms with Gasteiger partial charge in [-0.15, -0.1) is 0 Å². The molecule has 6 heteroatoms. The number of hydrogen-bond donors (Lipinski definition) is 1. The van der Waals surface area contributed by atoms with Gasteiger partial charge >= 0.3 is 6.18 Å². The minimum absolute atomic E-state index is 0.140. The molecule has 2 N–H and O–H groups in total. The summed E-state index contributed by atoms with van der Waals surface area (Å²) in [5.41, 5.74) is 4.48. The van der Waals surface area contributed by atoms with Gasteiger partial charge in [0, 0.05) is 24.5 Å². The molecule has 94 valence electrons. The molecule has 0 unspecified atom stereocenters. The minimum Gasteiger partial charge on any atom is -0.398 e. The van der Waals surface area contributed by atoms with E-state index in [0.29, 0.717) is 18.7 Å². The summed E-state index contributed by atoms with van der Waals surface area (Å²) in [4.78, 5) is 1.60. The van der Waals surface area contributed by atoms with Gasteiger partial charge in [-0.05, 0) is 24.6 Å². The Hall–Kier alpha value is -1.46. The third-order valence-corrected chi connectivity index (χ3v) is 2.84. The number of rotatable bonds is 1. The summed E-state index contributed by atoms with van der Waals surface area (Å²) in [5.74, 6) is 0. The molecule has 1 fully saturated rings. The number of nitrogens with two attached hydrogens (primary N) is 1. The first-order valence-corrected chi connectivity index (χ1v) is 5.23. The number of alkyl halides is 4. The van der Waals surface area contributed by atoms with E-state index in [1.807, 2.05) is 0 Å². The van der Waals surface area contributed by atoms with Crippen LogP contribution >= 0.6 is 0 Å². The van der Waals surface area contributed by atoms with Gasteiger partial charge in [0.15, 0.2) is 0 Å². The van der Waals surface area contributed by atoms with Gasteiger partial charge in [0.2, 0.25) is 0 Å². The summed E-state index contributed by atoms with van der Waals surface area (Å²) < 4.78 is 50.8. The van der Waals surface area contributed by atoms with E-state index in [2.05, 4.69) is 0 Å². The van der Waals surface area contributed by atoms with Gasteiger partial charge < -0.3 is 10.6 Å². The Kier molecular flexibility index (Phi) is 2.89. The topological polar surface area (TPSA) is 29.3 Å². The minimum atomic E-state index is -4.48. The number of halogens is 4. The van der Waals surface area contributed by atoms with Gasteiger partial charge in [-0.25, -0.2) is 4.39 Å². The summed E-state index contributed by atoms with van der Waals surface area (Å²) in [6.45, 7) is 0.573. The van der Waals surface area contributed by atoms with Gasteiger partial charge in [0.05, 0.1) is 5.56 Å². The lowest BCUT2D eigenvalue weighted by atomic mass is 10.1. The molecular formula is C11H12F4N2. The number of anilines is 2. The second-order valence-electron chi connectivity index (χ2n) is 4.10. The first kappa shape index (κ1) is 12.0. The zero-order valence-electron chi connectivity index (χ0n) is 8.97. The van der Waals surface area contributed by atoms with E-state index in [1.165, 1.54) is 12.1 Å². The van der Waals surface area contributed by atoms with Crippen LogP contribution in [-0.4, -0.2) is 19.3 Å². The Morgan fingerprint density at radius 1 is 1.29 bits per heavy atom. The average Bonchev–Trinajstić information content (AvgIpc) is 2.64. The van der Waals surface area contributed by atoms with E-state index in [4.69, 9.17) is 5.73 Å². The average molecular weight is 248 g/mol. The maximum Gasteiger partial charge on any atom is 0.418 e. The molecule has 0 radical (unpaired) electrons. The van der Waals surface area contributed by atoms with Crippen LogP contribution in [0.15, 0.2) is 18.2 Å². The van der Waals surface area contributed by atoms with E-state index >= 15 is 0 Å². The maximum atomic E-state index is 13.0. The molecule has 1 saturated heterocycles. The van der Waals surface area contributed by atoms with Crippen molar-refractivity contribution in [2.24, 2.45) is 0 Å². The fourth-order valence-corrected chi connectivity index (χ4v) is 1.94. The Labute approximate surface area is 96.0 Å². The molecule has 0 saturated carbocycles. The fourth-order valence-electron chi connectivity index (χ4n) is 1.94. The molecule has 1 aromatic carbocycles. The first-order chi connectivity index (χ1) is 7.88. The van der Waals surface area contributed by atoms with Gasteiger partial charge in [0.25, 0.3) is 0 Å². The second kappa shape index (κ2) is 4.09. The van der Waals surface area contributed by atoms with Crippen LogP contribution in [0.5, 0.6) is 0 Å². The normalized spacial score (nSPS) is 20.9. The van der Waals surface area contributed by atoms with E-state index in [1.54, 1.807) is 4.90 Å². The zero-order valence-corrected chi connectivity index (χ0v) is 8.97. The Morgan fingerprint density at radius 3 is 2.53 bits per heavy atom. The molecule has 0 amide bonds. The lowest BCUT2D eigenvalue weighted by Crippen LogP contribution is -2.21. The van der Waals surface area contributed by atoms with Crippen molar-refractivity contribution in [2.45, 2.75) is 18.8 Å². The smallest absolute Gasteiger partial charge is 0.398 e. The van der Waals surface area contributed by atoms with Crippen molar-refractivity contribution in [1.82, 2.24) is 0 Å². The number of benzene rings is 1. The van der Waals surface area contributed by atoms with Crippen LogP contribution in [0.25, 0.3) is 0 Å². The van der Waals surface area contributed by atoms with Crippen LogP contribution in [0.2, 0.25) is 0 Å². The summed E-state index contributed by atoms with van der Waals surface area (Å²) in [6.07, 6.45) is -5.09. The van der Waals surface area contributed by atoms with Crippen molar-refractivity contribution in [3.05, 3.63) is 23.8 Å². The van der Waals surface area contributed by atoms with E-state index in [0.717, 1.165) is 6.07 Å². The first-order valence-electron chi connectivity index (χ1n) is 5.23. The fraction of sp³-hybridized carbons (Fsp3) is 0.455. The molecule has 1 aliphatic rings. The van der Waals surface area contributed by atoms with Crippen LogP contribution < -0.4 is 10.6 Å². The molecule has 17 heavy (non-hydrogen) atoms. The van der Waals surface area contributed by atoms with Crippen molar-refractivity contribution in [3.8, 4) is 0 Å². The van der Waals surface area contributed by atoms with Crippen molar-refractivity contribution in [1.29, 1.82) is 0 Å². The molecule has 1 heterocycles. The molecule has 1 atom stereocenters. The lowest BCUT2D eigenvalue weighted by Gasteiger charge is -2.20. The van der Waals surface area contributed by atoms with Crippen molar-refractivity contribution >= 4 is 11.4 Å². The summed E-state index contributed by atoms with van der Waals surface area (Å²) >= 11 is 0. The molecule has 0 bridgehead atoms. The van der Waals surface area contributed by atoms with Gasteiger partial charge in [-0.1, -0.05) is 0 Å². The van der Waals surface area contributed by atoms with Crippen LogP contribution in [-0.2, 0) is 6.18 Å². The van der Waals surface area contributed by atoms with Crippen LogP contribution in [0.4, 0.5) is 28.9 Å². The lowest BCUT2D eigenvalue weighted by molar-refractivity contribution is -0.136. The predicted molar refractivity (Wildman–Crippen MR) is 57.6 cm³/mol. The van der Waals surface area contributed by atoms with E-state index < -0.39 is 17.9 Å². The van der Waals surface area contributed by atoms with Crippen molar-refractivity contribution in [3.63, 3.8) is 0 Å². The standard InChI is InChI=1S/C11H12F4N2/c12-7-3-4-17(6-7)8-1-2-10(16)9(5-8)11(13,14)15/h1-2,5,7H,3-4,6,16H2/t7-/m0/s1. The van der Waals surface area contributed by atoms with E-state index in [-0.39, 0.29) is 12.2 Å². The van der Waals surface area contributed by atoms with Crippen LogP contribution in [0.1, 0.15) is 12.0 Å². The second-order valence-corrected chi connectivity index (χ2v) is 4.10. The summed E-state index contributed by atoms with van der Waals surface area (Å²) in [6, 6.07) is 3.68. The highest BCUT2D eigenvalue weighted by molar-refractivity contribution is 5.60. The highest BCUT2D eigenvalue weighted by Gasteiger charge is 2.34. The molecule has 1 aliphatic heterocycles. The largest absolute Gasteiger partial charge is 0.418 e. The zero-order chi connectivity index (χ0) is 12.6. The predicted octanol–water partition coefficient (Wildman–Crippen LogP) is 2.84. The van der Waals surface area contributed by atoms with Gasteiger partial charge in [-0.2, -0.15) is 13.2 Å². The SMILES string of the molecule is Nc1ccc(N2CC[C@H](F)C2)cc1C(F)(F)F.